The van der Waals surface area contributed by atoms with Crippen LogP contribution in [0, 0.1) is 12.3 Å². The molecule has 1 aliphatic rings. The number of ether oxygens (including phenoxy) is 1. The van der Waals surface area contributed by atoms with Gasteiger partial charge in [-0.15, -0.1) is 11.3 Å². The molecular formula is C14H22N2O2S. The second-order valence-corrected chi connectivity index (χ2v) is 6.91. The molecule has 0 bridgehead atoms. The number of anilines is 1. The van der Waals surface area contributed by atoms with E-state index in [0.717, 1.165) is 17.9 Å². The first-order valence-electron chi connectivity index (χ1n) is 6.64. The molecule has 1 amide bonds. The van der Waals surface area contributed by atoms with Crippen LogP contribution in [0.3, 0.4) is 0 Å². The molecule has 0 saturated heterocycles. The number of carbonyl (C=O) groups excluding carboxylic acids is 1. The molecule has 1 aliphatic carbocycles. The van der Waals surface area contributed by atoms with Crippen LogP contribution in [-0.4, -0.2) is 24.7 Å². The van der Waals surface area contributed by atoms with Crippen LogP contribution in [0.4, 0.5) is 5.69 Å². The lowest BCUT2D eigenvalue weighted by Gasteiger charge is -2.51. The molecule has 106 valence electrons. The standard InChI is InChI=1S/C14H22N2O2S/c1-5-18-12-7-11(14(12,3)4)16-13(17)10-6-9(15)8(2)19-10/h6,11-12H,5,7,15H2,1-4H3,(H,16,17). The van der Waals surface area contributed by atoms with Crippen LogP contribution in [-0.2, 0) is 4.74 Å². The van der Waals surface area contributed by atoms with Gasteiger partial charge >= 0.3 is 0 Å². The van der Waals surface area contributed by atoms with Gasteiger partial charge in [0, 0.05) is 28.6 Å². The Hall–Kier alpha value is -1.07. The average Bonchev–Trinajstić information content (AvgIpc) is 2.68. The van der Waals surface area contributed by atoms with Crippen molar-refractivity contribution in [2.24, 2.45) is 5.41 Å². The van der Waals surface area contributed by atoms with Crippen molar-refractivity contribution in [3.8, 4) is 0 Å². The van der Waals surface area contributed by atoms with E-state index in [-0.39, 0.29) is 23.5 Å². The highest BCUT2D eigenvalue weighted by molar-refractivity contribution is 7.14. The largest absolute Gasteiger partial charge is 0.398 e. The smallest absolute Gasteiger partial charge is 0.261 e. The van der Waals surface area contributed by atoms with Gasteiger partial charge in [-0.2, -0.15) is 0 Å². The number of nitrogen functional groups attached to an aromatic ring is 1. The number of thiophene rings is 1. The van der Waals surface area contributed by atoms with Gasteiger partial charge in [-0.05, 0) is 26.3 Å². The van der Waals surface area contributed by atoms with Crippen LogP contribution in [0.5, 0.6) is 0 Å². The first kappa shape index (κ1) is 14.3. The zero-order chi connectivity index (χ0) is 14.2. The Kier molecular flexibility index (Phi) is 3.87. The molecule has 0 spiro atoms. The molecule has 0 radical (unpaired) electrons. The summed E-state index contributed by atoms with van der Waals surface area (Å²) in [6, 6.07) is 1.92. The van der Waals surface area contributed by atoms with Crippen molar-refractivity contribution in [2.45, 2.75) is 46.3 Å². The summed E-state index contributed by atoms with van der Waals surface area (Å²) in [6.07, 6.45) is 1.12. The van der Waals surface area contributed by atoms with Crippen LogP contribution in [0.1, 0.15) is 41.7 Å². The van der Waals surface area contributed by atoms with E-state index >= 15 is 0 Å². The molecule has 19 heavy (non-hydrogen) atoms. The third kappa shape index (κ3) is 2.62. The van der Waals surface area contributed by atoms with Crippen LogP contribution in [0.25, 0.3) is 0 Å². The number of hydrogen-bond donors (Lipinski definition) is 2. The highest BCUT2D eigenvalue weighted by Gasteiger charge is 2.49. The molecule has 0 aromatic carbocycles. The highest BCUT2D eigenvalue weighted by Crippen LogP contribution is 2.43. The Morgan fingerprint density at radius 1 is 1.63 bits per heavy atom. The van der Waals surface area contributed by atoms with Gasteiger partial charge in [0.25, 0.3) is 5.91 Å². The fourth-order valence-corrected chi connectivity index (χ4v) is 3.30. The molecule has 5 heteroatoms. The highest BCUT2D eigenvalue weighted by atomic mass is 32.1. The Morgan fingerprint density at radius 2 is 2.32 bits per heavy atom. The molecule has 1 saturated carbocycles. The first-order valence-corrected chi connectivity index (χ1v) is 7.46. The molecule has 1 heterocycles. The first-order chi connectivity index (χ1) is 8.86. The molecule has 1 fully saturated rings. The maximum absolute atomic E-state index is 12.2. The zero-order valence-electron chi connectivity index (χ0n) is 11.9. The number of carbonyl (C=O) groups is 1. The van der Waals surface area contributed by atoms with Crippen LogP contribution in [0.15, 0.2) is 6.07 Å². The normalized spacial score (nSPS) is 24.8. The summed E-state index contributed by atoms with van der Waals surface area (Å²) in [6.45, 7) is 8.91. The molecule has 2 atom stereocenters. The van der Waals surface area contributed by atoms with Crippen molar-refractivity contribution in [2.75, 3.05) is 12.3 Å². The molecule has 4 nitrogen and oxygen atoms in total. The van der Waals surface area contributed by atoms with Gasteiger partial charge < -0.3 is 15.8 Å². The Balaban J connectivity index is 1.98. The Bertz CT molecular complexity index is 462. The minimum atomic E-state index is -0.0298. The number of nitrogens with two attached hydrogens (primary N) is 1. The molecular weight excluding hydrogens is 260 g/mol. The van der Waals surface area contributed by atoms with E-state index in [1.165, 1.54) is 11.3 Å². The van der Waals surface area contributed by atoms with Gasteiger partial charge in [0.1, 0.15) is 0 Å². The van der Waals surface area contributed by atoms with Gasteiger partial charge in [0.05, 0.1) is 11.0 Å². The summed E-state index contributed by atoms with van der Waals surface area (Å²) >= 11 is 1.44. The summed E-state index contributed by atoms with van der Waals surface area (Å²) in [5.41, 5.74) is 6.46. The summed E-state index contributed by atoms with van der Waals surface area (Å²) in [5.74, 6) is -0.0298. The van der Waals surface area contributed by atoms with E-state index in [1.54, 1.807) is 6.07 Å². The van der Waals surface area contributed by atoms with Crippen LogP contribution >= 0.6 is 11.3 Å². The van der Waals surface area contributed by atoms with Gasteiger partial charge in [0.15, 0.2) is 0 Å². The number of rotatable bonds is 4. The quantitative estimate of drug-likeness (QED) is 0.892. The number of nitrogens with one attached hydrogen (secondary N) is 1. The summed E-state index contributed by atoms with van der Waals surface area (Å²) < 4.78 is 5.67. The average molecular weight is 282 g/mol. The van der Waals surface area contributed by atoms with Crippen LogP contribution in [0.2, 0.25) is 0 Å². The van der Waals surface area contributed by atoms with Crippen molar-refractivity contribution < 1.29 is 9.53 Å². The SMILES string of the molecule is CCOC1CC(NC(=O)c2cc(N)c(C)s2)C1(C)C. The number of hydrogen-bond acceptors (Lipinski definition) is 4. The second-order valence-electron chi connectivity index (χ2n) is 5.65. The van der Waals surface area contributed by atoms with Crippen molar-refractivity contribution in [1.29, 1.82) is 0 Å². The van der Waals surface area contributed by atoms with E-state index in [1.807, 2.05) is 13.8 Å². The monoisotopic (exact) mass is 282 g/mol. The minimum Gasteiger partial charge on any atom is -0.398 e. The van der Waals surface area contributed by atoms with Crippen molar-refractivity contribution >= 4 is 22.9 Å². The minimum absolute atomic E-state index is 0.0104. The van der Waals surface area contributed by atoms with Gasteiger partial charge in [-0.25, -0.2) is 0 Å². The fourth-order valence-electron chi connectivity index (χ4n) is 2.45. The fraction of sp³-hybridized carbons (Fsp3) is 0.643. The van der Waals surface area contributed by atoms with Crippen molar-refractivity contribution in [1.82, 2.24) is 5.32 Å². The predicted molar refractivity (Wildman–Crippen MR) is 78.5 cm³/mol. The van der Waals surface area contributed by atoms with E-state index in [2.05, 4.69) is 19.2 Å². The summed E-state index contributed by atoms with van der Waals surface area (Å²) in [4.78, 5) is 13.8. The van der Waals surface area contributed by atoms with Gasteiger partial charge in [0.2, 0.25) is 0 Å². The topological polar surface area (TPSA) is 64.3 Å². The van der Waals surface area contributed by atoms with E-state index < -0.39 is 0 Å². The van der Waals surface area contributed by atoms with Gasteiger partial charge in [-0.1, -0.05) is 13.8 Å². The molecule has 3 N–H and O–H groups in total. The maximum Gasteiger partial charge on any atom is 0.261 e. The zero-order valence-corrected chi connectivity index (χ0v) is 12.8. The maximum atomic E-state index is 12.2. The van der Waals surface area contributed by atoms with E-state index in [4.69, 9.17) is 10.5 Å². The van der Waals surface area contributed by atoms with E-state index in [9.17, 15) is 4.79 Å². The lowest BCUT2D eigenvalue weighted by atomic mass is 9.64. The second kappa shape index (κ2) is 5.13. The molecule has 0 aliphatic heterocycles. The summed E-state index contributed by atoms with van der Waals surface area (Å²) in [5, 5.41) is 3.09. The number of aryl methyl sites for hydroxylation is 1. The van der Waals surface area contributed by atoms with Crippen LogP contribution < -0.4 is 11.1 Å². The third-order valence-electron chi connectivity index (χ3n) is 4.03. The Morgan fingerprint density at radius 3 is 2.79 bits per heavy atom. The molecule has 2 unspecified atom stereocenters. The van der Waals surface area contributed by atoms with Crippen molar-refractivity contribution in [3.63, 3.8) is 0 Å². The lowest BCUT2D eigenvalue weighted by Crippen LogP contribution is -2.62. The molecule has 1 aromatic heterocycles. The molecule has 1 aromatic rings. The Labute approximate surface area is 118 Å². The van der Waals surface area contributed by atoms with Gasteiger partial charge in [-0.3, -0.25) is 4.79 Å². The van der Waals surface area contributed by atoms with E-state index in [0.29, 0.717) is 10.6 Å². The molecule has 2 rings (SSSR count). The lowest BCUT2D eigenvalue weighted by molar-refractivity contribution is -0.111. The predicted octanol–water partition coefficient (Wildman–Crippen LogP) is 2.57. The summed E-state index contributed by atoms with van der Waals surface area (Å²) in [7, 11) is 0. The number of amides is 1. The van der Waals surface area contributed by atoms with Crippen molar-refractivity contribution in [3.05, 3.63) is 15.8 Å². The third-order valence-corrected chi connectivity index (χ3v) is 5.10.